The molecule has 0 nitrogen and oxygen atoms in total. The fourth-order valence-electron chi connectivity index (χ4n) is 1.71. The normalized spacial score (nSPS) is 19.1. The summed E-state index contributed by atoms with van der Waals surface area (Å²) in [7, 11) is 0. The molecule has 0 saturated heterocycles. The monoisotopic (exact) mass is 300 g/mol. The summed E-state index contributed by atoms with van der Waals surface area (Å²) in [5.41, 5.74) is 4.26. The molecule has 0 N–H and O–H groups in total. The van der Waals surface area contributed by atoms with Gasteiger partial charge in [0, 0.05) is 0 Å². The van der Waals surface area contributed by atoms with Crippen molar-refractivity contribution >= 4 is 27.0 Å². The molecule has 1 aromatic carbocycles. The first-order valence-corrected chi connectivity index (χ1v) is 7.52. The van der Waals surface area contributed by atoms with Gasteiger partial charge < -0.3 is 0 Å². The minimum absolute atomic E-state index is 0.00814. The zero-order valence-electron chi connectivity index (χ0n) is 8.36. The zero-order valence-corrected chi connectivity index (χ0v) is 10.7. The van der Waals surface area contributed by atoms with Crippen molar-refractivity contribution in [2.45, 2.75) is 17.3 Å². The van der Waals surface area contributed by atoms with Gasteiger partial charge in [-0.05, 0) is 0 Å². The molecule has 0 bridgehead atoms. The molecule has 1 atom stereocenters. The predicted molar refractivity (Wildman–Crippen MR) is 63.4 cm³/mol. The van der Waals surface area contributed by atoms with Gasteiger partial charge in [-0.25, -0.2) is 0 Å². The van der Waals surface area contributed by atoms with Crippen LogP contribution in [0.3, 0.4) is 0 Å². The molecule has 14 heavy (non-hydrogen) atoms. The first-order chi connectivity index (χ1) is 6.77. The van der Waals surface area contributed by atoms with Gasteiger partial charge in [0.15, 0.2) is 0 Å². The van der Waals surface area contributed by atoms with Gasteiger partial charge in [0.2, 0.25) is 0 Å². The number of hydrogen-bond acceptors (Lipinski definition) is 0. The Labute approximate surface area is 95.8 Å². The molecule has 0 fully saturated rings. The maximum atomic E-state index is 4.02. The van der Waals surface area contributed by atoms with Crippen LogP contribution in [0.15, 0.2) is 40.5 Å². The fraction of sp³-hybridized carbons (Fsp3) is 0.231. The van der Waals surface area contributed by atoms with E-state index in [9.17, 15) is 0 Å². The summed E-state index contributed by atoms with van der Waals surface area (Å²) in [4.78, 5) is 0. The first kappa shape index (κ1) is 10.0. The van der Waals surface area contributed by atoms with Crippen molar-refractivity contribution in [1.29, 1.82) is 0 Å². The van der Waals surface area contributed by atoms with E-state index in [2.05, 4.69) is 48.0 Å². The molecule has 0 saturated carbocycles. The molecule has 72 valence electrons. The molecule has 1 heterocycles. The topological polar surface area (TPSA) is 0 Å². The zero-order chi connectivity index (χ0) is 9.97. The van der Waals surface area contributed by atoms with E-state index >= 15 is 0 Å². The second kappa shape index (κ2) is 4.34. The van der Waals surface area contributed by atoms with Crippen molar-refractivity contribution in [3.05, 3.63) is 51.7 Å². The molecule has 2 rings (SSSR count). The van der Waals surface area contributed by atoms with E-state index in [1.165, 1.54) is 17.6 Å². The Morgan fingerprint density at radius 1 is 1.43 bits per heavy atom. The molecule has 1 aliphatic rings. The van der Waals surface area contributed by atoms with Crippen molar-refractivity contribution in [2.75, 3.05) is 0 Å². The van der Waals surface area contributed by atoms with Crippen molar-refractivity contribution in [1.82, 2.24) is 0 Å². The van der Waals surface area contributed by atoms with Crippen molar-refractivity contribution in [2.24, 2.45) is 0 Å². The first-order valence-electron chi connectivity index (χ1n) is 4.82. The molecular formula is C13H14Te. The van der Waals surface area contributed by atoms with Crippen LogP contribution in [0.1, 0.15) is 28.4 Å². The van der Waals surface area contributed by atoms with Crippen LogP contribution in [0.2, 0.25) is 0 Å². The summed E-state index contributed by atoms with van der Waals surface area (Å²) in [6, 6.07) is 8.75. The van der Waals surface area contributed by atoms with E-state index in [1.54, 1.807) is 5.56 Å². The van der Waals surface area contributed by atoms with Gasteiger partial charge in [-0.2, -0.15) is 0 Å². The summed E-state index contributed by atoms with van der Waals surface area (Å²) in [5, 5.41) is 0. The Kier molecular flexibility index (Phi) is 3.11. The number of allylic oxidation sites excluding steroid dienone is 1. The standard InChI is InChI=1S/C13H14Te/c1-10(2)9-13-12-6-4-3-5-11(12)7-8-14-13/h3-8,13H,1,9H2,2H3. The second-order valence-electron chi connectivity index (χ2n) is 3.72. The number of benzene rings is 1. The predicted octanol–water partition coefficient (Wildman–Crippen LogP) is 3.38. The average molecular weight is 298 g/mol. The minimum atomic E-state index is 0.00814. The van der Waals surface area contributed by atoms with E-state index in [1.807, 2.05) is 0 Å². The molecule has 1 aromatic rings. The third-order valence-electron chi connectivity index (χ3n) is 2.37. The van der Waals surface area contributed by atoms with Crippen LogP contribution in [0.25, 0.3) is 6.08 Å². The quantitative estimate of drug-likeness (QED) is 0.580. The van der Waals surface area contributed by atoms with Crippen LogP contribution in [0.4, 0.5) is 0 Å². The maximum absolute atomic E-state index is 4.02. The van der Waals surface area contributed by atoms with Gasteiger partial charge in [0.05, 0.1) is 0 Å². The van der Waals surface area contributed by atoms with E-state index in [0.29, 0.717) is 0 Å². The third kappa shape index (κ3) is 2.11. The average Bonchev–Trinajstić information content (AvgIpc) is 2.18. The van der Waals surface area contributed by atoms with Gasteiger partial charge in [-0.1, -0.05) is 0 Å². The Bertz CT molecular complexity index is 377. The number of hydrogen-bond donors (Lipinski definition) is 0. The van der Waals surface area contributed by atoms with E-state index in [0.717, 1.165) is 3.97 Å². The van der Waals surface area contributed by atoms with Gasteiger partial charge >= 0.3 is 96.0 Å². The van der Waals surface area contributed by atoms with E-state index in [-0.39, 0.29) is 20.9 Å². The summed E-state index contributed by atoms with van der Waals surface area (Å²) in [5.74, 6) is 0. The second-order valence-corrected chi connectivity index (χ2v) is 6.90. The Morgan fingerprint density at radius 3 is 3.00 bits per heavy atom. The van der Waals surface area contributed by atoms with Gasteiger partial charge in [0.1, 0.15) is 0 Å². The van der Waals surface area contributed by atoms with Gasteiger partial charge in [-0.15, -0.1) is 0 Å². The van der Waals surface area contributed by atoms with Gasteiger partial charge in [-0.3, -0.25) is 0 Å². The molecule has 0 amide bonds. The summed E-state index contributed by atoms with van der Waals surface area (Å²) in [6.45, 7) is 6.15. The Hall–Kier alpha value is -0.510. The van der Waals surface area contributed by atoms with Crippen LogP contribution in [-0.2, 0) is 0 Å². The van der Waals surface area contributed by atoms with Crippen LogP contribution in [0, 0.1) is 0 Å². The molecule has 1 unspecified atom stereocenters. The van der Waals surface area contributed by atoms with Crippen molar-refractivity contribution in [3.63, 3.8) is 0 Å². The molecule has 0 aromatic heterocycles. The molecule has 0 radical (unpaired) electrons. The van der Waals surface area contributed by atoms with Crippen LogP contribution >= 0.6 is 0 Å². The SMILES string of the molecule is C=C(C)CC1[Te]C=Cc2ccccc21. The van der Waals surface area contributed by atoms with Crippen LogP contribution < -0.4 is 0 Å². The van der Waals surface area contributed by atoms with Crippen molar-refractivity contribution < 1.29 is 0 Å². The molecule has 0 aliphatic carbocycles. The fourth-order valence-corrected chi connectivity index (χ4v) is 5.01. The number of fused-ring (bicyclic) bond motifs is 1. The molecular weight excluding hydrogens is 284 g/mol. The molecule has 0 spiro atoms. The summed E-state index contributed by atoms with van der Waals surface area (Å²) in [6.07, 6.45) is 3.45. The third-order valence-corrected chi connectivity index (χ3v) is 5.34. The molecule has 1 aliphatic heterocycles. The summed E-state index contributed by atoms with van der Waals surface area (Å²) < 4.78 is 3.18. The van der Waals surface area contributed by atoms with Gasteiger partial charge in [0.25, 0.3) is 0 Å². The number of rotatable bonds is 2. The van der Waals surface area contributed by atoms with Crippen LogP contribution in [0.5, 0.6) is 0 Å². The Morgan fingerprint density at radius 2 is 2.21 bits per heavy atom. The van der Waals surface area contributed by atoms with E-state index in [4.69, 9.17) is 0 Å². The molecule has 1 heteroatoms. The Balaban J connectivity index is 2.31. The van der Waals surface area contributed by atoms with Crippen molar-refractivity contribution in [3.8, 4) is 0 Å². The van der Waals surface area contributed by atoms with Crippen LogP contribution in [-0.4, -0.2) is 20.9 Å². The summed E-state index contributed by atoms with van der Waals surface area (Å²) >= 11 is 0.00814. The van der Waals surface area contributed by atoms with E-state index < -0.39 is 0 Å².